The lowest BCUT2D eigenvalue weighted by Gasteiger charge is -2.22. The fraction of sp³-hybridized carbons (Fsp3) is 0.138. The third kappa shape index (κ3) is 4.57. The van der Waals surface area contributed by atoms with Gasteiger partial charge in [0.15, 0.2) is 0 Å². The normalized spacial score (nSPS) is 11.8. The molecule has 38 heavy (non-hydrogen) atoms. The lowest BCUT2D eigenvalue weighted by Crippen LogP contribution is -2.26. The van der Waals surface area contributed by atoms with Crippen molar-refractivity contribution in [3.05, 3.63) is 107 Å². The van der Waals surface area contributed by atoms with E-state index < -0.39 is 11.9 Å². The minimum atomic E-state index is -0.643. The molecule has 190 valence electrons. The van der Waals surface area contributed by atoms with Gasteiger partial charge in [-0.25, -0.2) is 9.97 Å². The van der Waals surface area contributed by atoms with Gasteiger partial charge in [0, 0.05) is 29.3 Å². The average Bonchev–Trinajstić information content (AvgIpc) is 2.93. The van der Waals surface area contributed by atoms with Gasteiger partial charge in [-0.05, 0) is 49.1 Å². The van der Waals surface area contributed by atoms with E-state index in [2.05, 4.69) is 20.3 Å². The van der Waals surface area contributed by atoms with Crippen molar-refractivity contribution in [3.63, 3.8) is 0 Å². The Bertz CT molecular complexity index is 1720. The van der Waals surface area contributed by atoms with E-state index in [1.54, 1.807) is 31.0 Å². The van der Waals surface area contributed by atoms with Crippen LogP contribution in [0.1, 0.15) is 34.8 Å². The molecule has 9 nitrogen and oxygen atoms in total. The molecule has 0 radical (unpaired) electrons. The van der Waals surface area contributed by atoms with Crippen LogP contribution in [0.25, 0.3) is 27.6 Å². The molecule has 0 saturated carbocycles. The molecule has 0 aliphatic carbocycles. The van der Waals surface area contributed by atoms with Crippen LogP contribution in [-0.2, 0) is 0 Å². The summed E-state index contributed by atoms with van der Waals surface area (Å²) < 4.78 is 7.03. The fourth-order valence-electron chi connectivity index (χ4n) is 4.50. The number of para-hydroxylation sites is 1. The number of anilines is 1. The summed E-state index contributed by atoms with van der Waals surface area (Å²) >= 11 is 0. The predicted octanol–water partition coefficient (Wildman–Crippen LogP) is 4.43. The summed E-state index contributed by atoms with van der Waals surface area (Å²) in [7, 11) is 1.58. The van der Waals surface area contributed by atoms with Crippen LogP contribution < -0.4 is 21.3 Å². The van der Waals surface area contributed by atoms with E-state index in [9.17, 15) is 9.59 Å². The number of nitrogens with two attached hydrogens (primary N) is 1. The number of carbonyl (C=O) groups is 1. The predicted molar refractivity (Wildman–Crippen MR) is 147 cm³/mol. The molecule has 0 aliphatic rings. The second kappa shape index (κ2) is 10.1. The SMILES string of the molecule is COc1cncc(-c2cccc3cc([C@H](C)Nc4nc(C)ncc4C(N)=O)n(-c4ccccc4)c(=O)c23)c1. The lowest BCUT2D eigenvalue weighted by atomic mass is 9.98. The van der Waals surface area contributed by atoms with Crippen molar-refractivity contribution < 1.29 is 9.53 Å². The first-order valence-corrected chi connectivity index (χ1v) is 12.0. The minimum absolute atomic E-state index is 0.171. The van der Waals surface area contributed by atoms with Gasteiger partial charge in [-0.1, -0.05) is 36.4 Å². The van der Waals surface area contributed by atoms with Gasteiger partial charge in [-0.15, -0.1) is 0 Å². The number of pyridine rings is 2. The minimum Gasteiger partial charge on any atom is -0.495 e. The third-order valence-corrected chi connectivity index (χ3v) is 6.32. The van der Waals surface area contributed by atoms with Gasteiger partial charge in [0.25, 0.3) is 11.5 Å². The quantitative estimate of drug-likeness (QED) is 0.334. The van der Waals surface area contributed by atoms with Crippen LogP contribution >= 0.6 is 0 Å². The van der Waals surface area contributed by atoms with Crippen molar-refractivity contribution in [3.8, 4) is 22.6 Å². The first-order valence-electron chi connectivity index (χ1n) is 12.0. The van der Waals surface area contributed by atoms with E-state index in [1.807, 2.05) is 67.6 Å². The average molecular weight is 507 g/mol. The number of carbonyl (C=O) groups excluding carboxylic acids is 1. The molecule has 0 spiro atoms. The number of amides is 1. The maximum absolute atomic E-state index is 14.3. The smallest absolute Gasteiger partial charge is 0.263 e. The maximum atomic E-state index is 14.3. The molecule has 0 saturated heterocycles. The fourth-order valence-corrected chi connectivity index (χ4v) is 4.50. The van der Waals surface area contributed by atoms with E-state index in [1.165, 1.54) is 6.20 Å². The molecule has 5 aromatic rings. The Morgan fingerprint density at radius 3 is 2.58 bits per heavy atom. The number of aryl methyl sites for hydroxylation is 1. The van der Waals surface area contributed by atoms with Crippen LogP contribution in [0.15, 0.2) is 84.0 Å². The zero-order valence-electron chi connectivity index (χ0n) is 21.2. The molecule has 5 rings (SSSR count). The van der Waals surface area contributed by atoms with Crippen molar-refractivity contribution in [1.82, 2.24) is 19.5 Å². The second-order valence-electron chi connectivity index (χ2n) is 8.84. The Kier molecular flexibility index (Phi) is 6.57. The van der Waals surface area contributed by atoms with E-state index in [0.717, 1.165) is 16.5 Å². The molecule has 9 heteroatoms. The number of methoxy groups -OCH3 is 1. The van der Waals surface area contributed by atoms with Gasteiger partial charge in [0.1, 0.15) is 17.4 Å². The number of hydrogen-bond donors (Lipinski definition) is 2. The molecule has 3 heterocycles. The number of fused-ring (bicyclic) bond motifs is 1. The largest absolute Gasteiger partial charge is 0.495 e. The van der Waals surface area contributed by atoms with E-state index in [0.29, 0.717) is 34.2 Å². The summed E-state index contributed by atoms with van der Waals surface area (Å²) in [6.45, 7) is 3.63. The van der Waals surface area contributed by atoms with E-state index in [4.69, 9.17) is 10.5 Å². The van der Waals surface area contributed by atoms with Crippen LogP contribution in [-0.4, -0.2) is 32.5 Å². The maximum Gasteiger partial charge on any atom is 0.263 e. The summed E-state index contributed by atoms with van der Waals surface area (Å²) in [5.74, 6) is 0.749. The summed E-state index contributed by atoms with van der Waals surface area (Å²) in [4.78, 5) is 39.0. The van der Waals surface area contributed by atoms with Gasteiger partial charge in [0.05, 0.1) is 30.3 Å². The second-order valence-corrected chi connectivity index (χ2v) is 8.84. The van der Waals surface area contributed by atoms with Crippen LogP contribution in [0.5, 0.6) is 5.75 Å². The van der Waals surface area contributed by atoms with Crippen LogP contribution in [0, 0.1) is 6.92 Å². The molecule has 0 bridgehead atoms. The summed E-state index contributed by atoms with van der Waals surface area (Å²) in [5, 5.41) is 4.59. The highest BCUT2D eigenvalue weighted by atomic mass is 16.5. The Morgan fingerprint density at radius 1 is 1.05 bits per heavy atom. The molecule has 3 aromatic heterocycles. The Labute approximate surface area is 219 Å². The summed E-state index contributed by atoms with van der Waals surface area (Å²) in [6.07, 6.45) is 4.74. The molecule has 1 atom stereocenters. The molecule has 0 fully saturated rings. The van der Waals surface area contributed by atoms with Gasteiger partial charge in [-0.2, -0.15) is 0 Å². The van der Waals surface area contributed by atoms with Gasteiger partial charge in [-0.3, -0.25) is 19.1 Å². The van der Waals surface area contributed by atoms with Crippen LogP contribution in [0.4, 0.5) is 5.82 Å². The molecule has 2 aromatic carbocycles. The van der Waals surface area contributed by atoms with Crippen molar-refractivity contribution in [2.45, 2.75) is 19.9 Å². The topological polar surface area (TPSA) is 125 Å². The van der Waals surface area contributed by atoms with E-state index in [-0.39, 0.29) is 11.1 Å². The summed E-state index contributed by atoms with van der Waals surface area (Å²) in [6, 6.07) is 18.5. The Balaban J connectivity index is 1.74. The van der Waals surface area contributed by atoms with Gasteiger partial charge >= 0.3 is 0 Å². The van der Waals surface area contributed by atoms with Gasteiger partial charge < -0.3 is 15.8 Å². The number of aromatic nitrogens is 4. The van der Waals surface area contributed by atoms with Gasteiger partial charge in [0.2, 0.25) is 0 Å². The highest BCUT2D eigenvalue weighted by molar-refractivity contribution is 5.98. The molecule has 3 N–H and O–H groups in total. The highest BCUT2D eigenvalue weighted by Crippen LogP contribution is 2.31. The zero-order chi connectivity index (χ0) is 26.8. The van der Waals surface area contributed by atoms with Crippen molar-refractivity contribution in [2.24, 2.45) is 5.73 Å². The zero-order valence-corrected chi connectivity index (χ0v) is 21.2. The molecule has 0 aliphatic heterocycles. The van der Waals surface area contributed by atoms with Crippen LogP contribution in [0.2, 0.25) is 0 Å². The Morgan fingerprint density at radius 2 is 1.84 bits per heavy atom. The monoisotopic (exact) mass is 506 g/mol. The molecule has 0 unspecified atom stereocenters. The Hall–Kier alpha value is -5.05. The van der Waals surface area contributed by atoms with Crippen molar-refractivity contribution in [2.75, 3.05) is 12.4 Å². The van der Waals surface area contributed by atoms with Crippen molar-refractivity contribution in [1.29, 1.82) is 0 Å². The standard InChI is InChI=1S/C29H26N6O3/c1-17(33-28-24(27(30)36)16-32-18(2)34-28)25-13-19-8-7-11-23(20-12-22(38-3)15-31-14-20)26(19)29(37)35(25)21-9-5-4-6-10-21/h4-17H,1-3H3,(H2,30,36)(H,32,33,34)/t17-/m0/s1. The number of ether oxygens (including phenoxy) is 1. The first kappa shape index (κ1) is 24.6. The molecule has 1 amide bonds. The highest BCUT2D eigenvalue weighted by Gasteiger charge is 2.21. The van der Waals surface area contributed by atoms with E-state index >= 15 is 0 Å². The van der Waals surface area contributed by atoms with Crippen molar-refractivity contribution >= 4 is 22.5 Å². The number of nitrogens with one attached hydrogen (secondary N) is 1. The number of benzene rings is 2. The number of rotatable bonds is 7. The third-order valence-electron chi connectivity index (χ3n) is 6.32. The first-order chi connectivity index (χ1) is 18.4. The van der Waals surface area contributed by atoms with Crippen LogP contribution in [0.3, 0.4) is 0 Å². The number of nitrogens with zero attached hydrogens (tertiary/aromatic N) is 4. The lowest BCUT2D eigenvalue weighted by molar-refractivity contribution is 0.100. The number of primary amides is 1. The molecular weight excluding hydrogens is 480 g/mol. The summed E-state index contributed by atoms with van der Waals surface area (Å²) in [5.41, 5.74) is 8.45. The molecular formula is C29H26N6O3. The number of hydrogen-bond acceptors (Lipinski definition) is 7.